The summed E-state index contributed by atoms with van der Waals surface area (Å²) in [5.74, 6) is 0. The van der Waals surface area contributed by atoms with E-state index in [1.807, 2.05) is 56.4 Å². The Balaban J connectivity index is 1.98. The summed E-state index contributed by atoms with van der Waals surface area (Å²) < 4.78 is 2.20. The van der Waals surface area contributed by atoms with E-state index in [1.54, 1.807) is 17.1 Å². The molecule has 0 saturated carbocycles. The van der Waals surface area contributed by atoms with Gasteiger partial charge in [0.1, 0.15) is 15.9 Å². The van der Waals surface area contributed by atoms with Gasteiger partial charge in [-0.1, -0.05) is 0 Å². The molecule has 7 heteroatoms. The number of nitrogens with one attached hydrogen (secondary N) is 1. The highest BCUT2D eigenvalue weighted by Crippen LogP contribution is 2.35. The summed E-state index contributed by atoms with van der Waals surface area (Å²) in [5.41, 5.74) is 3.43. The molecule has 3 heterocycles. The van der Waals surface area contributed by atoms with Crippen LogP contribution in [0.5, 0.6) is 0 Å². The lowest BCUT2D eigenvalue weighted by molar-refractivity contribution is 0.967. The van der Waals surface area contributed by atoms with Crippen LogP contribution in [-0.4, -0.2) is 35.7 Å². The standard InChI is InChI=1S/C18H17N5OS/c1-19-11-4-6-12(7-5-11)23-10-21-15-14-13(22(2)3)8-9-20-17(14)25-16(15)18(23)24/h4-10,19H,1-3H3. The van der Waals surface area contributed by atoms with Gasteiger partial charge in [0.25, 0.3) is 5.56 Å². The smallest absolute Gasteiger partial charge is 0.275 e. The van der Waals surface area contributed by atoms with Gasteiger partial charge in [-0.3, -0.25) is 9.36 Å². The van der Waals surface area contributed by atoms with E-state index in [1.165, 1.54) is 11.3 Å². The van der Waals surface area contributed by atoms with Crippen molar-refractivity contribution in [2.24, 2.45) is 0 Å². The normalized spacial score (nSPS) is 11.2. The topological polar surface area (TPSA) is 63.1 Å². The second-order valence-corrected chi connectivity index (χ2v) is 6.90. The summed E-state index contributed by atoms with van der Waals surface area (Å²) in [6, 6.07) is 9.61. The zero-order chi connectivity index (χ0) is 17.6. The Bertz CT molecular complexity index is 1130. The average molecular weight is 351 g/mol. The summed E-state index contributed by atoms with van der Waals surface area (Å²) in [6.45, 7) is 0. The second-order valence-electron chi connectivity index (χ2n) is 5.90. The van der Waals surface area contributed by atoms with Crippen LogP contribution in [0.3, 0.4) is 0 Å². The Labute approximate surface area is 148 Å². The molecule has 0 atom stereocenters. The highest BCUT2D eigenvalue weighted by molar-refractivity contribution is 7.25. The van der Waals surface area contributed by atoms with Gasteiger partial charge >= 0.3 is 0 Å². The zero-order valence-corrected chi connectivity index (χ0v) is 15.0. The molecule has 0 fully saturated rings. The first-order chi connectivity index (χ1) is 12.1. The molecule has 126 valence electrons. The first-order valence-corrected chi connectivity index (χ1v) is 8.66. The van der Waals surface area contributed by atoms with E-state index in [-0.39, 0.29) is 5.56 Å². The summed E-state index contributed by atoms with van der Waals surface area (Å²) >= 11 is 1.39. The number of hydrogen-bond acceptors (Lipinski definition) is 6. The van der Waals surface area contributed by atoms with Crippen LogP contribution in [0.2, 0.25) is 0 Å². The number of fused-ring (bicyclic) bond motifs is 3. The van der Waals surface area contributed by atoms with Gasteiger partial charge in [0, 0.05) is 33.0 Å². The molecule has 0 radical (unpaired) electrons. The lowest BCUT2D eigenvalue weighted by Gasteiger charge is -2.13. The van der Waals surface area contributed by atoms with E-state index < -0.39 is 0 Å². The quantitative estimate of drug-likeness (QED) is 0.614. The highest BCUT2D eigenvalue weighted by Gasteiger charge is 2.16. The molecule has 4 rings (SSSR count). The van der Waals surface area contributed by atoms with Gasteiger partial charge in [0.15, 0.2) is 0 Å². The third kappa shape index (κ3) is 2.44. The Hall–Kier alpha value is -2.93. The van der Waals surface area contributed by atoms with Gasteiger partial charge in [-0.05, 0) is 30.3 Å². The maximum absolute atomic E-state index is 13.0. The maximum Gasteiger partial charge on any atom is 0.275 e. The largest absolute Gasteiger partial charge is 0.388 e. The lowest BCUT2D eigenvalue weighted by atomic mass is 10.2. The molecule has 3 aromatic heterocycles. The van der Waals surface area contributed by atoms with Crippen molar-refractivity contribution in [3.05, 3.63) is 53.2 Å². The molecule has 0 unspecified atom stereocenters. The van der Waals surface area contributed by atoms with Gasteiger partial charge in [-0.25, -0.2) is 9.97 Å². The van der Waals surface area contributed by atoms with Gasteiger partial charge < -0.3 is 10.2 Å². The number of anilines is 2. The number of thiophene rings is 1. The molecule has 1 N–H and O–H groups in total. The minimum atomic E-state index is -0.0742. The zero-order valence-electron chi connectivity index (χ0n) is 14.1. The van der Waals surface area contributed by atoms with Gasteiger partial charge in [-0.15, -0.1) is 11.3 Å². The number of pyridine rings is 1. The first-order valence-electron chi connectivity index (χ1n) is 7.84. The molecule has 0 spiro atoms. The molecule has 0 aliphatic carbocycles. The molecule has 4 aromatic rings. The fraction of sp³-hybridized carbons (Fsp3) is 0.167. The second kappa shape index (κ2) is 5.86. The van der Waals surface area contributed by atoms with E-state index in [4.69, 9.17) is 0 Å². The van der Waals surface area contributed by atoms with Crippen LogP contribution in [0.15, 0.2) is 47.7 Å². The summed E-state index contributed by atoms with van der Waals surface area (Å²) in [6.07, 6.45) is 3.36. The monoisotopic (exact) mass is 351 g/mol. The lowest BCUT2D eigenvalue weighted by Crippen LogP contribution is -2.17. The summed E-state index contributed by atoms with van der Waals surface area (Å²) in [5, 5.41) is 4.00. The molecule has 0 amide bonds. The van der Waals surface area contributed by atoms with Crippen LogP contribution < -0.4 is 15.8 Å². The molecular formula is C18H17N5OS. The summed E-state index contributed by atoms with van der Waals surface area (Å²) in [7, 11) is 5.81. The third-order valence-electron chi connectivity index (χ3n) is 4.18. The van der Waals surface area contributed by atoms with Crippen molar-refractivity contribution in [2.45, 2.75) is 0 Å². The van der Waals surface area contributed by atoms with Crippen LogP contribution in [0.1, 0.15) is 0 Å². The van der Waals surface area contributed by atoms with E-state index in [0.29, 0.717) is 10.2 Å². The van der Waals surface area contributed by atoms with Crippen molar-refractivity contribution in [2.75, 3.05) is 31.4 Å². The van der Waals surface area contributed by atoms with Crippen LogP contribution >= 0.6 is 11.3 Å². The maximum atomic E-state index is 13.0. The van der Waals surface area contributed by atoms with E-state index in [9.17, 15) is 4.79 Å². The Kier molecular flexibility index (Phi) is 3.65. The molecule has 1 aromatic carbocycles. The Morgan fingerprint density at radius 3 is 2.56 bits per heavy atom. The molecule has 0 aliphatic rings. The van der Waals surface area contributed by atoms with Gasteiger partial charge in [0.05, 0.1) is 22.3 Å². The van der Waals surface area contributed by atoms with Gasteiger partial charge in [0.2, 0.25) is 0 Å². The van der Waals surface area contributed by atoms with Crippen molar-refractivity contribution in [3.8, 4) is 5.69 Å². The van der Waals surface area contributed by atoms with E-state index >= 15 is 0 Å². The van der Waals surface area contributed by atoms with Crippen molar-refractivity contribution >= 4 is 43.1 Å². The minimum absolute atomic E-state index is 0.0742. The van der Waals surface area contributed by atoms with Crippen LogP contribution in [0, 0.1) is 0 Å². The number of aromatic nitrogens is 3. The predicted molar refractivity (Wildman–Crippen MR) is 104 cm³/mol. The fourth-order valence-electron chi connectivity index (χ4n) is 2.88. The average Bonchev–Trinajstić information content (AvgIpc) is 3.02. The van der Waals surface area contributed by atoms with E-state index in [0.717, 1.165) is 27.3 Å². The van der Waals surface area contributed by atoms with Gasteiger partial charge in [-0.2, -0.15) is 0 Å². The number of benzene rings is 1. The molecule has 25 heavy (non-hydrogen) atoms. The van der Waals surface area contributed by atoms with Crippen molar-refractivity contribution in [1.29, 1.82) is 0 Å². The van der Waals surface area contributed by atoms with Crippen molar-refractivity contribution < 1.29 is 0 Å². The SMILES string of the molecule is CNc1ccc(-n2cnc3c(sc4nccc(N(C)C)c43)c2=O)cc1. The van der Waals surface area contributed by atoms with Crippen LogP contribution in [0.4, 0.5) is 11.4 Å². The van der Waals surface area contributed by atoms with E-state index in [2.05, 4.69) is 15.3 Å². The highest BCUT2D eigenvalue weighted by atomic mass is 32.1. The molecule has 6 nitrogen and oxygen atoms in total. The van der Waals surface area contributed by atoms with Crippen molar-refractivity contribution in [3.63, 3.8) is 0 Å². The fourth-order valence-corrected chi connectivity index (χ4v) is 3.93. The molecule has 0 bridgehead atoms. The third-order valence-corrected chi connectivity index (χ3v) is 5.25. The van der Waals surface area contributed by atoms with Crippen molar-refractivity contribution in [1.82, 2.24) is 14.5 Å². The number of hydrogen-bond donors (Lipinski definition) is 1. The van der Waals surface area contributed by atoms with Crippen LogP contribution in [-0.2, 0) is 0 Å². The molecule has 0 saturated heterocycles. The Morgan fingerprint density at radius 1 is 1.12 bits per heavy atom. The molecular weight excluding hydrogens is 334 g/mol. The molecule has 0 aliphatic heterocycles. The predicted octanol–water partition coefficient (Wildman–Crippen LogP) is 3.10. The first kappa shape index (κ1) is 15.6. The Morgan fingerprint density at radius 2 is 1.88 bits per heavy atom. The van der Waals surface area contributed by atoms with Crippen LogP contribution in [0.25, 0.3) is 26.1 Å². The number of rotatable bonds is 3. The minimum Gasteiger partial charge on any atom is -0.388 e. The number of nitrogens with zero attached hydrogens (tertiary/aromatic N) is 4. The summed E-state index contributed by atoms with van der Waals surface area (Å²) in [4.78, 5) is 24.9.